The van der Waals surface area contributed by atoms with Crippen molar-refractivity contribution < 1.29 is 4.74 Å². The highest BCUT2D eigenvalue weighted by atomic mass is 16.5. The van der Waals surface area contributed by atoms with E-state index >= 15 is 0 Å². The van der Waals surface area contributed by atoms with E-state index in [9.17, 15) is 0 Å². The minimum atomic E-state index is 0.255. The third-order valence-electron chi connectivity index (χ3n) is 1.28. The van der Waals surface area contributed by atoms with Gasteiger partial charge in [0, 0.05) is 0 Å². The van der Waals surface area contributed by atoms with E-state index in [0.717, 1.165) is 12.8 Å². The monoisotopic (exact) mass is 142 g/mol. The lowest BCUT2D eigenvalue weighted by atomic mass is 10.2. The van der Waals surface area contributed by atoms with Crippen LogP contribution >= 0.6 is 0 Å². The van der Waals surface area contributed by atoms with Crippen molar-refractivity contribution in [2.24, 2.45) is 0 Å². The number of hydrogen-bond donors (Lipinski definition) is 0. The summed E-state index contributed by atoms with van der Waals surface area (Å²) in [4.78, 5) is 0. The summed E-state index contributed by atoms with van der Waals surface area (Å²) in [6.07, 6.45) is 4.69. The first kappa shape index (κ1) is 9.70. The molecule has 0 aromatic heterocycles. The second kappa shape index (κ2) is 5.48. The molecule has 0 aliphatic rings. The lowest BCUT2D eigenvalue weighted by molar-refractivity contribution is 0.0310. The Balaban J connectivity index is 3.49. The first-order valence-electron chi connectivity index (χ1n) is 3.98. The summed E-state index contributed by atoms with van der Waals surface area (Å²) in [6, 6.07) is 0. The van der Waals surface area contributed by atoms with Crippen LogP contribution in [0.1, 0.15) is 33.6 Å². The van der Waals surface area contributed by atoms with Crippen LogP contribution in [0.2, 0.25) is 0 Å². The van der Waals surface area contributed by atoms with E-state index in [-0.39, 0.29) is 6.10 Å². The van der Waals surface area contributed by atoms with Crippen molar-refractivity contribution in [1.29, 1.82) is 0 Å². The molecular weight excluding hydrogens is 124 g/mol. The molecule has 10 heavy (non-hydrogen) atoms. The summed E-state index contributed by atoms with van der Waals surface area (Å²) in [5.74, 6) is 0. The SMILES string of the molecule is C=CC(CCC)OC(C)C. The molecule has 0 aliphatic carbocycles. The smallest absolute Gasteiger partial charge is 0.0756 e. The minimum absolute atomic E-state index is 0.255. The maximum Gasteiger partial charge on any atom is 0.0756 e. The Bertz CT molecular complexity index is 86.7. The molecule has 0 rings (SSSR count). The van der Waals surface area contributed by atoms with Crippen molar-refractivity contribution in [2.75, 3.05) is 0 Å². The van der Waals surface area contributed by atoms with Gasteiger partial charge in [0.25, 0.3) is 0 Å². The summed E-state index contributed by atoms with van der Waals surface area (Å²) in [7, 11) is 0. The van der Waals surface area contributed by atoms with E-state index in [1.54, 1.807) is 0 Å². The average molecular weight is 142 g/mol. The Labute approximate surface area is 64.1 Å². The molecular formula is C9H18O. The first-order valence-corrected chi connectivity index (χ1v) is 3.98. The molecule has 1 nitrogen and oxygen atoms in total. The van der Waals surface area contributed by atoms with Gasteiger partial charge in [-0.05, 0) is 20.3 Å². The highest BCUT2D eigenvalue weighted by molar-refractivity contribution is 4.79. The fourth-order valence-electron chi connectivity index (χ4n) is 0.876. The quantitative estimate of drug-likeness (QED) is 0.536. The Morgan fingerprint density at radius 1 is 1.50 bits per heavy atom. The second-order valence-corrected chi connectivity index (χ2v) is 2.75. The van der Waals surface area contributed by atoms with Gasteiger partial charge in [-0.15, -0.1) is 6.58 Å². The van der Waals surface area contributed by atoms with Gasteiger partial charge in [0.05, 0.1) is 12.2 Å². The van der Waals surface area contributed by atoms with Crippen LogP contribution in [0.4, 0.5) is 0 Å². The van der Waals surface area contributed by atoms with Crippen LogP contribution in [0.5, 0.6) is 0 Å². The predicted molar refractivity (Wildman–Crippen MR) is 45.1 cm³/mol. The fraction of sp³-hybridized carbons (Fsp3) is 0.778. The van der Waals surface area contributed by atoms with E-state index in [0.29, 0.717) is 6.10 Å². The molecule has 1 heteroatoms. The molecule has 0 aliphatic heterocycles. The molecule has 0 radical (unpaired) electrons. The van der Waals surface area contributed by atoms with Gasteiger partial charge in [0.1, 0.15) is 0 Å². The Morgan fingerprint density at radius 2 is 2.10 bits per heavy atom. The molecule has 0 fully saturated rings. The van der Waals surface area contributed by atoms with Crippen LogP contribution in [-0.2, 0) is 4.74 Å². The predicted octanol–water partition coefficient (Wildman–Crippen LogP) is 2.77. The molecule has 0 saturated carbocycles. The van der Waals surface area contributed by atoms with Gasteiger partial charge in [0.15, 0.2) is 0 Å². The standard InChI is InChI=1S/C9H18O/c1-5-7-9(6-2)10-8(3)4/h6,8-9H,2,5,7H2,1,3-4H3. The van der Waals surface area contributed by atoms with E-state index < -0.39 is 0 Å². The molecule has 0 bridgehead atoms. The van der Waals surface area contributed by atoms with Crippen molar-refractivity contribution in [3.8, 4) is 0 Å². The zero-order valence-electron chi connectivity index (χ0n) is 7.26. The zero-order chi connectivity index (χ0) is 7.98. The number of rotatable bonds is 5. The van der Waals surface area contributed by atoms with E-state index in [4.69, 9.17) is 4.74 Å². The lowest BCUT2D eigenvalue weighted by Gasteiger charge is -2.15. The van der Waals surface area contributed by atoms with E-state index in [2.05, 4.69) is 13.5 Å². The van der Waals surface area contributed by atoms with Gasteiger partial charge in [-0.3, -0.25) is 0 Å². The molecule has 0 heterocycles. The molecule has 0 spiro atoms. The molecule has 0 saturated heterocycles. The third kappa shape index (κ3) is 4.57. The molecule has 0 aromatic carbocycles. The van der Waals surface area contributed by atoms with Gasteiger partial charge >= 0.3 is 0 Å². The maximum absolute atomic E-state index is 5.52. The van der Waals surface area contributed by atoms with Gasteiger partial charge in [-0.2, -0.15) is 0 Å². The van der Waals surface area contributed by atoms with E-state index in [1.165, 1.54) is 0 Å². The van der Waals surface area contributed by atoms with Crippen LogP contribution < -0.4 is 0 Å². The molecule has 0 N–H and O–H groups in total. The highest BCUT2D eigenvalue weighted by Crippen LogP contribution is 2.05. The summed E-state index contributed by atoms with van der Waals surface area (Å²) >= 11 is 0. The van der Waals surface area contributed by atoms with Crippen molar-refractivity contribution in [3.63, 3.8) is 0 Å². The molecule has 1 unspecified atom stereocenters. The van der Waals surface area contributed by atoms with Crippen molar-refractivity contribution in [2.45, 2.75) is 45.8 Å². The van der Waals surface area contributed by atoms with Crippen molar-refractivity contribution in [1.82, 2.24) is 0 Å². The average Bonchev–Trinajstić information content (AvgIpc) is 1.86. The Kier molecular flexibility index (Phi) is 5.32. The van der Waals surface area contributed by atoms with Gasteiger partial charge < -0.3 is 4.74 Å². The van der Waals surface area contributed by atoms with Crippen LogP contribution in [0.15, 0.2) is 12.7 Å². The van der Waals surface area contributed by atoms with Gasteiger partial charge in [-0.25, -0.2) is 0 Å². The van der Waals surface area contributed by atoms with E-state index in [1.807, 2.05) is 19.9 Å². The third-order valence-corrected chi connectivity index (χ3v) is 1.28. The van der Waals surface area contributed by atoms with Crippen LogP contribution in [0.3, 0.4) is 0 Å². The van der Waals surface area contributed by atoms with Crippen molar-refractivity contribution >= 4 is 0 Å². The topological polar surface area (TPSA) is 9.23 Å². The Hall–Kier alpha value is -0.300. The highest BCUT2D eigenvalue weighted by Gasteiger charge is 2.03. The largest absolute Gasteiger partial charge is 0.372 e. The van der Waals surface area contributed by atoms with Gasteiger partial charge in [-0.1, -0.05) is 19.4 Å². The van der Waals surface area contributed by atoms with Crippen LogP contribution in [-0.4, -0.2) is 12.2 Å². The van der Waals surface area contributed by atoms with Crippen LogP contribution in [0, 0.1) is 0 Å². The number of hydrogen-bond acceptors (Lipinski definition) is 1. The van der Waals surface area contributed by atoms with Crippen molar-refractivity contribution in [3.05, 3.63) is 12.7 Å². The maximum atomic E-state index is 5.52. The van der Waals surface area contributed by atoms with Gasteiger partial charge in [0.2, 0.25) is 0 Å². The number of ether oxygens (including phenoxy) is 1. The molecule has 60 valence electrons. The zero-order valence-corrected chi connectivity index (χ0v) is 7.26. The summed E-state index contributed by atoms with van der Waals surface area (Å²) < 4.78 is 5.52. The fourth-order valence-corrected chi connectivity index (χ4v) is 0.876. The Morgan fingerprint density at radius 3 is 2.40 bits per heavy atom. The normalized spacial score (nSPS) is 13.6. The minimum Gasteiger partial charge on any atom is -0.372 e. The molecule has 0 amide bonds. The summed E-state index contributed by atoms with van der Waals surface area (Å²) in [5, 5.41) is 0. The summed E-state index contributed by atoms with van der Waals surface area (Å²) in [5.41, 5.74) is 0. The summed E-state index contributed by atoms with van der Waals surface area (Å²) in [6.45, 7) is 9.96. The molecule has 1 atom stereocenters. The second-order valence-electron chi connectivity index (χ2n) is 2.75. The van der Waals surface area contributed by atoms with Crippen LogP contribution in [0.25, 0.3) is 0 Å². The lowest BCUT2D eigenvalue weighted by Crippen LogP contribution is -2.14. The molecule has 0 aromatic rings. The first-order chi connectivity index (χ1) is 4.70.